The van der Waals surface area contributed by atoms with Gasteiger partial charge in [-0.1, -0.05) is 19.8 Å². The van der Waals surface area contributed by atoms with Gasteiger partial charge in [-0.2, -0.15) is 5.10 Å². The third-order valence-corrected chi connectivity index (χ3v) is 3.80. The van der Waals surface area contributed by atoms with Gasteiger partial charge in [0.2, 0.25) is 0 Å². The number of aromatic nitrogens is 3. The zero-order valence-corrected chi connectivity index (χ0v) is 10.1. The smallest absolute Gasteiger partial charge is 0.138 e. The Bertz CT molecular complexity index is 329. The third kappa shape index (κ3) is 2.61. The molecule has 1 atom stereocenters. The number of aliphatic hydroxyl groups excluding tert-OH is 1. The van der Waals surface area contributed by atoms with Crippen molar-refractivity contribution in [3.8, 4) is 0 Å². The van der Waals surface area contributed by atoms with Crippen LogP contribution in [0.3, 0.4) is 0 Å². The van der Waals surface area contributed by atoms with E-state index in [-0.39, 0.29) is 6.10 Å². The fraction of sp³-hybridized carbons (Fsp3) is 0.833. The number of nitrogens with zero attached hydrogens (tertiary/aromatic N) is 3. The van der Waals surface area contributed by atoms with Crippen LogP contribution in [0, 0.1) is 11.8 Å². The van der Waals surface area contributed by atoms with Gasteiger partial charge in [0.25, 0.3) is 0 Å². The number of aryl methyl sites for hydroxylation is 1. The normalized spacial score (nSPS) is 27.9. The monoisotopic (exact) mass is 223 g/mol. The maximum absolute atomic E-state index is 10.2. The number of rotatable bonds is 3. The fourth-order valence-corrected chi connectivity index (χ4v) is 2.53. The Labute approximate surface area is 96.7 Å². The summed E-state index contributed by atoms with van der Waals surface area (Å²) in [5.41, 5.74) is 0. The van der Waals surface area contributed by atoms with Crippen molar-refractivity contribution in [1.82, 2.24) is 14.8 Å². The molecule has 0 aliphatic heterocycles. The highest BCUT2D eigenvalue weighted by Crippen LogP contribution is 2.31. The molecule has 1 N–H and O–H groups in total. The predicted octanol–water partition coefficient (Wildman–Crippen LogP) is 1.54. The minimum Gasteiger partial charge on any atom is -0.392 e. The highest BCUT2D eigenvalue weighted by molar-refractivity contribution is 4.89. The minimum absolute atomic E-state index is 0.254. The second-order valence-corrected chi connectivity index (χ2v) is 5.09. The van der Waals surface area contributed by atoms with Crippen LogP contribution >= 0.6 is 0 Å². The van der Waals surface area contributed by atoms with E-state index < -0.39 is 0 Å². The average molecular weight is 223 g/mol. The highest BCUT2D eigenvalue weighted by atomic mass is 16.3. The molecule has 1 aliphatic rings. The second-order valence-electron chi connectivity index (χ2n) is 5.09. The first kappa shape index (κ1) is 11.6. The lowest BCUT2D eigenvalue weighted by Crippen LogP contribution is -2.27. The number of hydrogen-bond acceptors (Lipinski definition) is 3. The van der Waals surface area contributed by atoms with Gasteiger partial charge in [0.1, 0.15) is 12.2 Å². The second kappa shape index (κ2) is 4.95. The summed E-state index contributed by atoms with van der Waals surface area (Å²) in [4.78, 5) is 4.16. The molecular formula is C12H21N3O. The standard InChI is InChI=1S/C12H21N3O/c1-9-3-5-10(6-4-9)11(16)7-12-13-8-14-15(12)2/h8-11,16H,3-7H2,1-2H3. The quantitative estimate of drug-likeness (QED) is 0.845. The molecule has 1 unspecified atom stereocenters. The molecule has 0 radical (unpaired) electrons. The number of aliphatic hydroxyl groups is 1. The largest absolute Gasteiger partial charge is 0.392 e. The molecule has 0 amide bonds. The Kier molecular flexibility index (Phi) is 3.59. The molecule has 16 heavy (non-hydrogen) atoms. The highest BCUT2D eigenvalue weighted by Gasteiger charge is 2.25. The number of hydrogen-bond donors (Lipinski definition) is 1. The molecule has 90 valence electrons. The summed E-state index contributed by atoms with van der Waals surface area (Å²) in [6.45, 7) is 2.30. The van der Waals surface area contributed by atoms with Gasteiger partial charge >= 0.3 is 0 Å². The van der Waals surface area contributed by atoms with Crippen molar-refractivity contribution in [2.75, 3.05) is 0 Å². The van der Waals surface area contributed by atoms with Gasteiger partial charge in [0.15, 0.2) is 0 Å². The average Bonchev–Trinajstić information content (AvgIpc) is 2.65. The molecule has 1 heterocycles. The van der Waals surface area contributed by atoms with Gasteiger partial charge < -0.3 is 5.11 Å². The van der Waals surface area contributed by atoms with Crippen molar-refractivity contribution < 1.29 is 5.11 Å². The van der Waals surface area contributed by atoms with Gasteiger partial charge in [-0.3, -0.25) is 4.68 Å². The molecule has 1 aromatic rings. The zero-order valence-electron chi connectivity index (χ0n) is 10.1. The van der Waals surface area contributed by atoms with Crippen LogP contribution in [-0.4, -0.2) is 26.0 Å². The lowest BCUT2D eigenvalue weighted by molar-refractivity contribution is 0.0737. The maximum atomic E-state index is 10.2. The van der Waals surface area contributed by atoms with Crippen LogP contribution in [0.5, 0.6) is 0 Å². The first-order chi connectivity index (χ1) is 7.66. The Balaban J connectivity index is 1.88. The Morgan fingerprint density at radius 1 is 1.44 bits per heavy atom. The van der Waals surface area contributed by atoms with Crippen LogP contribution in [-0.2, 0) is 13.5 Å². The van der Waals surface area contributed by atoms with Crippen LogP contribution in [0.1, 0.15) is 38.4 Å². The van der Waals surface area contributed by atoms with Crippen LogP contribution < -0.4 is 0 Å². The first-order valence-electron chi connectivity index (χ1n) is 6.17. The van der Waals surface area contributed by atoms with Gasteiger partial charge in [-0.15, -0.1) is 0 Å². The van der Waals surface area contributed by atoms with Crippen molar-refractivity contribution in [3.05, 3.63) is 12.2 Å². The summed E-state index contributed by atoms with van der Waals surface area (Å²) in [7, 11) is 1.87. The lowest BCUT2D eigenvalue weighted by Gasteiger charge is -2.29. The first-order valence-corrected chi connectivity index (χ1v) is 6.17. The van der Waals surface area contributed by atoms with Crippen molar-refractivity contribution in [3.63, 3.8) is 0 Å². The van der Waals surface area contributed by atoms with E-state index in [4.69, 9.17) is 0 Å². The third-order valence-electron chi connectivity index (χ3n) is 3.80. The minimum atomic E-state index is -0.254. The van der Waals surface area contributed by atoms with Crippen LogP contribution in [0.15, 0.2) is 6.33 Å². The Hall–Kier alpha value is -0.900. The SMILES string of the molecule is CC1CCC(C(O)Cc2ncnn2C)CC1. The van der Waals surface area contributed by atoms with Gasteiger partial charge in [-0.05, 0) is 24.7 Å². The van der Waals surface area contributed by atoms with Crippen molar-refractivity contribution in [2.45, 2.75) is 45.1 Å². The van der Waals surface area contributed by atoms with Gasteiger partial charge in [-0.25, -0.2) is 4.98 Å². The van der Waals surface area contributed by atoms with E-state index in [9.17, 15) is 5.11 Å². The van der Waals surface area contributed by atoms with Crippen molar-refractivity contribution in [2.24, 2.45) is 18.9 Å². The van der Waals surface area contributed by atoms with E-state index in [2.05, 4.69) is 17.0 Å². The summed E-state index contributed by atoms with van der Waals surface area (Å²) in [6.07, 6.45) is 6.73. The Morgan fingerprint density at radius 3 is 2.69 bits per heavy atom. The molecule has 1 saturated carbocycles. The van der Waals surface area contributed by atoms with Crippen molar-refractivity contribution in [1.29, 1.82) is 0 Å². The van der Waals surface area contributed by atoms with Crippen LogP contribution in [0.25, 0.3) is 0 Å². The van der Waals surface area contributed by atoms with Crippen molar-refractivity contribution >= 4 is 0 Å². The molecule has 1 aromatic heterocycles. The summed E-state index contributed by atoms with van der Waals surface area (Å²) >= 11 is 0. The Morgan fingerprint density at radius 2 is 2.12 bits per heavy atom. The van der Waals surface area contributed by atoms with E-state index in [1.54, 1.807) is 11.0 Å². The molecule has 0 spiro atoms. The summed E-state index contributed by atoms with van der Waals surface area (Å²) in [5.74, 6) is 2.16. The molecule has 0 saturated heterocycles. The molecule has 0 bridgehead atoms. The van der Waals surface area contributed by atoms with E-state index in [1.807, 2.05) is 7.05 Å². The predicted molar refractivity (Wildman–Crippen MR) is 61.8 cm³/mol. The maximum Gasteiger partial charge on any atom is 0.138 e. The molecule has 0 aromatic carbocycles. The molecule has 4 nitrogen and oxygen atoms in total. The topological polar surface area (TPSA) is 50.9 Å². The lowest BCUT2D eigenvalue weighted by atomic mass is 9.79. The van der Waals surface area contributed by atoms with Crippen LogP contribution in [0.4, 0.5) is 0 Å². The van der Waals surface area contributed by atoms with E-state index in [0.29, 0.717) is 12.3 Å². The van der Waals surface area contributed by atoms with Crippen LogP contribution in [0.2, 0.25) is 0 Å². The van der Waals surface area contributed by atoms with E-state index >= 15 is 0 Å². The zero-order chi connectivity index (χ0) is 11.5. The summed E-state index contributed by atoms with van der Waals surface area (Å²) in [6, 6.07) is 0. The van der Waals surface area contributed by atoms with E-state index in [0.717, 1.165) is 24.6 Å². The van der Waals surface area contributed by atoms with Gasteiger partial charge in [0, 0.05) is 13.5 Å². The molecule has 2 rings (SSSR count). The fourth-order valence-electron chi connectivity index (χ4n) is 2.53. The summed E-state index contributed by atoms with van der Waals surface area (Å²) in [5, 5.41) is 14.2. The van der Waals surface area contributed by atoms with Gasteiger partial charge in [0.05, 0.1) is 6.10 Å². The molecule has 1 aliphatic carbocycles. The van der Waals surface area contributed by atoms with E-state index in [1.165, 1.54) is 12.8 Å². The molecule has 1 fully saturated rings. The summed E-state index contributed by atoms with van der Waals surface area (Å²) < 4.78 is 1.74. The molecule has 4 heteroatoms. The molecular weight excluding hydrogens is 202 g/mol.